The Bertz CT molecular complexity index is 470. The van der Waals surface area contributed by atoms with Crippen molar-refractivity contribution in [2.24, 2.45) is 0 Å². The normalized spacial score (nSPS) is 22.2. The number of hydrogen-bond donors (Lipinski definition) is 1. The van der Waals surface area contributed by atoms with Crippen LogP contribution in [-0.2, 0) is 4.74 Å². The molecule has 1 fully saturated rings. The first-order chi connectivity index (χ1) is 9.91. The van der Waals surface area contributed by atoms with Crippen molar-refractivity contribution in [3.05, 3.63) is 29.3 Å². The highest BCUT2D eigenvalue weighted by atomic mass is 16.6. The van der Waals surface area contributed by atoms with Gasteiger partial charge in [-0.25, -0.2) is 0 Å². The third-order valence-electron chi connectivity index (χ3n) is 4.19. The molecule has 1 aromatic rings. The van der Waals surface area contributed by atoms with Crippen molar-refractivity contribution >= 4 is 0 Å². The minimum Gasteiger partial charge on any atom is -0.491 e. The van der Waals surface area contributed by atoms with Crippen LogP contribution in [0.2, 0.25) is 0 Å². The van der Waals surface area contributed by atoms with E-state index in [2.05, 4.69) is 58.1 Å². The van der Waals surface area contributed by atoms with Crippen LogP contribution in [0.25, 0.3) is 0 Å². The second-order valence-electron chi connectivity index (χ2n) is 6.65. The molecular formula is C18H29NO2. The molecule has 1 saturated heterocycles. The number of hydrogen-bond acceptors (Lipinski definition) is 3. The first kappa shape index (κ1) is 16.3. The number of benzene rings is 1. The lowest BCUT2D eigenvalue weighted by molar-refractivity contribution is -0.0327. The Morgan fingerprint density at radius 3 is 2.76 bits per heavy atom. The minimum absolute atomic E-state index is 0.00812. The molecule has 0 spiro atoms. The first-order valence-corrected chi connectivity index (χ1v) is 8.06. The van der Waals surface area contributed by atoms with Gasteiger partial charge in [-0.3, -0.25) is 0 Å². The van der Waals surface area contributed by atoms with E-state index in [1.54, 1.807) is 0 Å². The van der Waals surface area contributed by atoms with Crippen LogP contribution in [0.3, 0.4) is 0 Å². The zero-order chi connectivity index (χ0) is 15.5. The van der Waals surface area contributed by atoms with Crippen LogP contribution < -0.4 is 10.1 Å². The lowest BCUT2D eigenvalue weighted by atomic mass is 10.0. The van der Waals surface area contributed by atoms with E-state index in [1.807, 2.05) is 0 Å². The van der Waals surface area contributed by atoms with E-state index in [-0.39, 0.29) is 11.7 Å². The topological polar surface area (TPSA) is 30.5 Å². The molecule has 0 saturated carbocycles. The molecule has 0 amide bonds. The van der Waals surface area contributed by atoms with Crippen molar-refractivity contribution in [2.45, 2.75) is 65.2 Å². The third-order valence-corrected chi connectivity index (χ3v) is 4.19. The zero-order valence-corrected chi connectivity index (χ0v) is 14.0. The molecule has 3 heteroatoms. The summed E-state index contributed by atoms with van der Waals surface area (Å²) in [6.45, 7) is 12.3. The molecule has 1 aromatic carbocycles. The van der Waals surface area contributed by atoms with Gasteiger partial charge >= 0.3 is 0 Å². The van der Waals surface area contributed by atoms with Crippen LogP contribution in [0.1, 0.15) is 57.7 Å². The Balaban J connectivity index is 1.92. The molecule has 0 bridgehead atoms. The van der Waals surface area contributed by atoms with E-state index in [9.17, 15) is 0 Å². The predicted octanol–water partition coefficient (Wildman–Crippen LogP) is 4.00. The molecule has 2 unspecified atom stereocenters. The predicted molar refractivity (Wildman–Crippen MR) is 87.0 cm³/mol. The van der Waals surface area contributed by atoms with Crippen LogP contribution in [0.4, 0.5) is 0 Å². The summed E-state index contributed by atoms with van der Waals surface area (Å²) >= 11 is 0. The van der Waals surface area contributed by atoms with Crippen LogP contribution in [0.5, 0.6) is 5.75 Å². The van der Waals surface area contributed by atoms with Crippen molar-refractivity contribution in [1.29, 1.82) is 0 Å². The fraction of sp³-hybridized carbons (Fsp3) is 0.667. The standard InChI is InChI=1S/C18H29NO2/c1-6-19-14(3)15-7-8-17(13(2)11-15)20-12-16-9-10-18(4,5)21-16/h7-8,11,14,16,19H,6,9-10,12H2,1-5H3. The first-order valence-electron chi connectivity index (χ1n) is 8.06. The molecule has 1 aliphatic rings. The van der Waals surface area contributed by atoms with E-state index in [0.29, 0.717) is 12.6 Å². The molecule has 0 aliphatic carbocycles. The molecule has 1 heterocycles. The quantitative estimate of drug-likeness (QED) is 0.859. The molecule has 118 valence electrons. The van der Waals surface area contributed by atoms with Crippen molar-refractivity contribution in [2.75, 3.05) is 13.2 Å². The third kappa shape index (κ3) is 4.45. The van der Waals surface area contributed by atoms with Gasteiger partial charge < -0.3 is 14.8 Å². The number of nitrogens with one attached hydrogen (secondary N) is 1. The van der Waals surface area contributed by atoms with E-state index < -0.39 is 0 Å². The summed E-state index contributed by atoms with van der Waals surface area (Å²) < 4.78 is 11.9. The van der Waals surface area contributed by atoms with E-state index >= 15 is 0 Å². The number of rotatable bonds is 6. The van der Waals surface area contributed by atoms with Gasteiger partial charge in [0.25, 0.3) is 0 Å². The second kappa shape index (κ2) is 6.80. The Labute approximate surface area is 129 Å². The summed E-state index contributed by atoms with van der Waals surface area (Å²) in [5, 5.41) is 3.43. The zero-order valence-electron chi connectivity index (χ0n) is 14.0. The Hall–Kier alpha value is -1.06. The average molecular weight is 291 g/mol. The van der Waals surface area contributed by atoms with Gasteiger partial charge in [-0.15, -0.1) is 0 Å². The van der Waals surface area contributed by atoms with E-state index in [4.69, 9.17) is 9.47 Å². The maximum Gasteiger partial charge on any atom is 0.122 e. The molecular weight excluding hydrogens is 262 g/mol. The highest BCUT2D eigenvalue weighted by Crippen LogP contribution is 2.30. The SMILES string of the molecule is CCNC(C)c1ccc(OCC2CCC(C)(C)O2)c(C)c1. The summed E-state index contributed by atoms with van der Waals surface area (Å²) in [6.07, 6.45) is 2.42. The highest BCUT2D eigenvalue weighted by Gasteiger charge is 2.31. The molecule has 21 heavy (non-hydrogen) atoms. The molecule has 0 radical (unpaired) electrons. The van der Waals surface area contributed by atoms with Gasteiger partial charge in [0.15, 0.2) is 0 Å². The van der Waals surface area contributed by atoms with E-state index in [0.717, 1.165) is 25.1 Å². The fourth-order valence-electron chi connectivity index (χ4n) is 2.91. The smallest absolute Gasteiger partial charge is 0.122 e. The minimum atomic E-state index is 0.00812. The molecule has 0 aromatic heterocycles. The Morgan fingerprint density at radius 2 is 2.19 bits per heavy atom. The van der Waals surface area contributed by atoms with Gasteiger partial charge in [0.2, 0.25) is 0 Å². The number of aryl methyl sites for hydroxylation is 1. The van der Waals surface area contributed by atoms with Crippen molar-refractivity contribution in [1.82, 2.24) is 5.32 Å². The summed E-state index contributed by atoms with van der Waals surface area (Å²) in [4.78, 5) is 0. The van der Waals surface area contributed by atoms with Crippen LogP contribution >= 0.6 is 0 Å². The monoisotopic (exact) mass is 291 g/mol. The van der Waals surface area contributed by atoms with Crippen LogP contribution in [0, 0.1) is 6.92 Å². The van der Waals surface area contributed by atoms with E-state index in [1.165, 1.54) is 11.1 Å². The van der Waals surface area contributed by atoms with Crippen molar-refractivity contribution in [3.63, 3.8) is 0 Å². The fourth-order valence-corrected chi connectivity index (χ4v) is 2.91. The van der Waals surface area contributed by atoms with Crippen molar-refractivity contribution < 1.29 is 9.47 Å². The second-order valence-corrected chi connectivity index (χ2v) is 6.65. The largest absolute Gasteiger partial charge is 0.491 e. The lowest BCUT2D eigenvalue weighted by Gasteiger charge is -2.20. The summed E-state index contributed by atoms with van der Waals surface area (Å²) in [6, 6.07) is 6.82. The molecule has 2 atom stereocenters. The van der Waals surface area contributed by atoms with Crippen molar-refractivity contribution in [3.8, 4) is 5.75 Å². The Kier molecular flexibility index (Phi) is 5.28. The summed E-state index contributed by atoms with van der Waals surface area (Å²) in [5.41, 5.74) is 2.50. The maximum atomic E-state index is 5.97. The Morgan fingerprint density at radius 1 is 1.43 bits per heavy atom. The summed E-state index contributed by atoms with van der Waals surface area (Å²) in [7, 11) is 0. The van der Waals surface area contributed by atoms with Crippen LogP contribution in [-0.4, -0.2) is 24.9 Å². The molecule has 1 aliphatic heterocycles. The highest BCUT2D eigenvalue weighted by molar-refractivity contribution is 5.37. The average Bonchev–Trinajstić information content (AvgIpc) is 2.77. The maximum absolute atomic E-state index is 5.97. The molecule has 1 N–H and O–H groups in total. The summed E-state index contributed by atoms with van der Waals surface area (Å²) in [5.74, 6) is 0.968. The van der Waals surface area contributed by atoms with Gasteiger partial charge in [-0.05, 0) is 64.3 Å². The number of ether oxygens (including phenoxy) is 2. The molecule has 3 nitrogen and oxygen atoms in total. The lowest BCUT2D eigenvalue weighted by Crippen LogP contribution is -2.24. The van der Waals surface area contributed by atoms with Gasteiger partial charge in [-0.2, -0.15) is 0 Å². The molecule has 2 rings (SSSR count). The van der Waals surface area contributed by atoms with Gasteiger partial charge in [0.1, 0.15) is 12.4 Å². The van der Waals surface area contributed by atoms with Gasteiger partial charge in [0, 0.05) is 6.04 Å². The van der Waals surface area contributed by atoms with Crippen LogP contribution in [0.15, 0.2) is 18.2 Å². The van der Waals surface area contributed by atoms with Gasteiger partial charge in [0.05, 0.1) is 11.7 Å². The van der Waals surface area contributed by atoms with Gasteiger partial charge in [-0.1, -0.05) is 19.1 Å².